The Hall–Kier alpha value is -3.00. The number of ether oxygens (including phenoxy) is 1. The fraction of sp³-hybridized carbons (Fsp3) is 0.200. The van der Waals surface area contributed by atoms with Gasteiger partial charge in [-0.3, -0.25) is 0 Å². The molecule has 2 atom stereocenters. The maximum atomic E-state index is 5.47. The maximum absolute atomic E-state index is 5.47. The average molecular weight is 353 g/mol. The van der Waals surface area contributed by atoms with Crippen LogP contribution in [0.4, 0.5) is 5.69 Å². The molecule has 0 saturated heterocycles. The van der Waals surface area contributed by atoms with E-state index in [1.165, 1.54) is 34.5 Å². The van der Waals surface area contributed by atoms with E-state index in [-0.39, 0.29) is 0 Å². The molecule has 3 aromatic carbocycles. The van der Waals surface area contributed by atoms with Crippen LogP contribution in [0.5, 0.6) is 5.75 Å². The standard InChI is InChI=1S/C25H23NO/c1-27-22-14-15-23-19(16-22)12-13-20-17-24(18-8-4-2-5-9-18)26(25(20)23)21-10-6-3-7-11-21/h2-11,14-17,20,25H,12-13H2,1H3. The van der Waals surface area contributed by atoms with E-state index in [9.17, 15) is 0 Å². The number of rotatable bonds is 3. The van der Waals surface area contributed by atoms with Gasteiger partial charge in [-0.05, 0) is 53.8 Å². The third-order valence-corrected chi connectivity index (χ3v) is 5.83. The van der Waals surface area contributed by atoms with E-state index in [4.69, 9.17) is 4.74 Å². The minimum absolute atomic E-state index is 0.345. The molecule has 5 rings (SSSR count). The lowest BCUT2D eigenvalue weighted by molar-refractivity contribution is 0.411. The molecular weight excluding hydrogens is 330 g/mol. The van der Waals surface area contributed by atoms with Gasteiger partial charge in [0.2, 0.25) is 0 Å². The SMILES string of the molecule is COc1ccc2c(c1)CCC1C=C(c3ccccc3)N(c3ccccc3)C21. The quantitative estimate of drug-likeness (QED) is 0.585. The number of hydrogen-bond donors (Lipinski definition) is 0. The smallest absolute Gasteiger partial charge is 0.119 e. The molecule has 0 bridgehead atoms. The Balaban J connectivity index is 1.65. The zero-order valence-electron chi connectivity index (χ0n) is 15.5. The second kappa shape index (κ2) is 6.62. The second-order valence-corrected chi connectivity index (χ2v) is 7.34. The van der Waals surface area contributed by atoms with Gasteiger partial charge in [0.1, 0.15) is 5.75 Å². The van der Waals surface area contributed by atoms with Crippen LogP contribution >= 0.6 is 0 Å². The molecule has 134 valence electrons. The van der Waals surface area contributed by atoms with E-state index in [1.54, 1.807) is 7.11 Å². The van der Waals surface area contributed by atoms with Gasteiger partial charge in [0, 0.05) is 17.3 Å². The first-order valence-electron chi connectivity index (χ1n) is 9.63. The Morgan fingerprint density at radius 3 is 2.37 bits per heavy atom. The fourth-order valence-corrected chi connectivity index (χ4v) is 4.60. The molecule has 2 heteroatoms. The first-order valence-corrected chi connectivity index (χ1v) is 9.63. The molecule has 27 heavy (non-hydrogen) atoms. The summed E-state index contributed by atoms with van der Waals surface area (Å²) in [6.45, 7) is 0. The molecule has 2 unspecified atom stereocenters. The maximum Gasteiger partial charge on any atom is 0.119 e. The molecule has 0 N–H and O–H groups in total. The molecule has 0 amide bonds. The van der Waals surface area contributed by atoms with Gasteiger partial charge in [0.25, 0.3) is 0 Å². The van der Waals surface area contributed by atoms with Crippen LogP contribution in [0.2, 0.25) is 0 Å². The summed E-state index contributed by atoms with van der Waals surface area (Å²) < 4.78 is 5.47. The number of nitrogens with zero attached hydrogens (tertiary/aromatic N) is 1. The normalized spacial score (nSPS) is 20.6. The van der Waals surface area contributed by atoms with Crippen LogP contribution in [0.25, 0.3) is 5.70 Å². The van der Waals surface area contributed by atoms with Crippen molar-refractivity contribution < 1.29 is 4.74 Å². The summed E-state index contributed by atoms with van der Waals surface area (Å²) in [6, 6.07) is 28.5. The van der Waals surface area contributed by atoms with Gasteiger partial charge in [0.05, 0.1) is 13.2 Å². The number of methoxy groups -OCH3 is 1. The van der Waals surface area contributed by atoms with Crippen LogP contribution in [0.1, 0.15) is 29.2 Å². The van der Waals surface area contributed by atoms with Gasteiger partial charge in [-0.25, -0.2) is 0 Å². The van der Waals surface area contributed by atoms with Crippen molar-refractivity contribution in [2.24, 2.45) is 5.92 Å². The Labute approximate surface area is 160 Å². The highest BCUT2D eigenvalue weighted by Gasteiger charge is 2.40. The molecular formula is C25H23NO. The second-order valence-electron chi connectivity index (χ2n) is 7.34. The average Bonchev–Trinajstić information content (AvgIpc) is 3.14. The summed E-state index contributed by atoms with van der Waals surface area (Å²) in [5, 5.41) is 0. The number of anilines is 1. The zero-order valence-corrected chi connectivity index (χ0v) is 15.5. The lowest BCUT2D eigenvalue weighted by atomic mass is 9.80. The number of hydrogen-bond acceptors (Lipinski definition) is 2. The van der Waals surface area contributed by atoms with Crippen LogP contribution in [-0.4, -0.2) is 7.11 Å². The van der Waals surface area contributed by atoms with E-state index >= 15 is 0 Å². The van der Waals surface area contributed by atoms with Crippen LogP contribution in [0, 0.1) is 5.92 Å². The van der Waals surface area contributed by atoms with E-state index in [1.807, 2.05) is 0 Å². The lowest BCUT2D eigenvalue weighted by Gasteiger charge is -2.37. The number of benzene rings is 3. The van der Waals surface area contributed by atoms with Crippen molar-refractivity contribution in [3.63, 3.8) is 0 Å². The van der Waals surface area contributed by atoms with Gasteiger partial charge in [-0.15, -0.1) is 0 Å². The van der Waals surface area contributed by atoms with Gasteiger partial charge in [0.15, 0.2) is 0 Å². The number of aryl methyl sites for hydroxylation is 1. The molecule has 1 heterocycles. The van der Waals surface area contributed by atoms with Crippen LogP contribution in [0.15, 0.2) is 84.9 Å². The molecule has 2 aliphatic rings. The Morgan fingerprint density at radius 2 is 1.63 bits per heavy atom. The van der Waals surface area contributed by atoms with Crippen LogP contribution < -0.4 is 9.64 Å². The Morgan fingerprint density at radius 1 is 0.889 bits per heavy atom. The molecule has 0 spiro atoms. The summed E-state index contributed by atoms with van der Waals surface area (Å²) >= 11 is 0. The first kappa shape index (κ1) is 16.2. The third-order valence-electron chi connectivity index (χ3n) is 5.83. The highest BCUT2D eigenvalue weighted by molar-refractivity contribution is 5.83. The summed E-state index contributed by atoms with van der Waals surface area (Å²) in [6.07, 6.45) is 4.76. The third kappa shape index (κ3) is 2.73. The monoisotopic (exact) mass is 353 g/mol. The summed E-state index contributed by atoms with van der Waals surface area (Å²) in [7, 11) is 1.74. The van der Waals surface area contributed by atoms with Crippen LogP contribution in [-0.2, 0) is 6.42 Å². The molecule has 0 fully saturated rings. The van der Waals surface area contributed by atoms with Crippen LogP contribution in [0.3, 0.4) is 0 Å². The Bertz CT molecular complexity index is 978. The highest BCUT2D eigenvalue weighted by atomic mass is 16.5. The molecule has 2 nitrogen and oxygen atoms in total. The van der Waals surface area contributed by atoms with Crippen molar-refractivity contribution in [1.29, 1.82) is 0 Å². The van der Waals surface area contributed by atoms with Crippen molar-refractivity contribution >= 4 is 11.4 Å². The topological polar surface area (TPSA) is 12.5 Å². The van der Waals surface area contributed by atoms with Crippen molar-refractivity contribution in [2.45, 2.75) is 18.9 Å². The highest BCUT2D eigenvalue weighted by Crippen LogP contribution is 2.50. The molecule has 0 aromatic heterocycles. The minimum atomic E-state index is 0.345. The van der Waals surface area contributed by atoms with Gasteiger partial charge in [-0.2, -0.15) is 0 Å². The number of fused-ring (bicyclic) bond motifs is 3. The van der Waals surface area contributed by atoms with E-state index in [2.05, 4.69) is 89.8 Å². The van der Waals surface area contributed by atoms with Gasteiger partial charge < -0.3 is 9.64 Å². The van der Waals surface area contributed by atoms with Crippen molar-refractivity contribution in [3.05, 3.63) is 102 Å². The van der Waals surface area contributed by atoms with Crippen molar-refractivity contribution in [3.8, 4) is 5.75 Å². The zero-order chi connectivity index (χ0) is 18.2. The molecule has 0 radical (unpaired) electrons. The predicted molar refractivity (Wildman–Crippen MR) is 111 cm³/mol. The van der Waals surface area contributed by atoms with Gasteiger partial charge in [-0.1, -0.05) is 60.7 Å². The predicted octanol–water partition coefficient (Wildman–Crippen LogP) is 5.86. The van der Waals surface area contributed by atoms with Gasteiger partial charge >= 0.3 is 0 Å². The molecule has 1 aliphatic heterocycles. The lowest BCUT2D eigenvalue weighted by Crippen LogP contribution is -2.29. The van der Waals surface area contributed by atoms with E-state index < -0.39 is 0 Å². The Kier molecular flexibility index (Phi) is 3.97. The number of para-hydroxylation sites is 1. The van der Waals surface area contributed by atoms with Crippen molar-refractivity contribution in [1.82, 2.24) is 0 Å². The summed E-state index contributed by atoms with van der Waals surface area (Å²) in [4.78, 5) is 2.53. The summed E-state index contributed by atoms with van der Waals surface area (Å²) in [5.41, 5.74) is 6.70. The largest absolute Gasteiger partial charge is 0.497 e. The van der Waals surface area contributed by atoms with E-state index in [0.29, 0.717) is 12.0 Å². The van der Waals surface area contributed by atoms with Crippen molar-refractivity contribution in [2.75, 3.05) is 12.0 Å². The fourth-order valence-electron chi connectivity index (χ4n) is 4.60. The first-order chi connectivity index (χ1) is 13.3. The molecule has 3 aromatic rings. The van der Waals surface area contributed by atoms with E-state index in [0.717, 1.165) is 12.2 Å². The molecule has 1 aliphatic carbocycles. The minimum Gasteiger partial charge on any atom is -0.497 e. The summed E-state index contributed by atoms with van der Waals surface area (Å²) in [5.74, 6) is 1.48. The molecule has 0 saturated carbocycles.